The molecule has 0 aliphatic heterocycles. The summed E-state index contributed by atoms with van der Waals surface area (Å²) in [5.41, 5.74) is 3.14. The van der Waals surface area contributed by atoms with Crippen molar-refractivity contribution < 1.29 is 14.3 Å². The Labute approximate surface area is 130 Å². The number of hydrogen-bond acceptors (Lipinski definition) is 3. The first-order valence-electron chi connectivity index (χ1n) is 7.82. The van der Waals surface area contributed by atoms with Gasteiger partial charge in [0, 0.05) is 12.8 Å². The molecule has 0 radical (unpaired) electrons. The molecule has 2 N–H and O–H groups in total. The van der Waals surface area contributed by atoms with Crippen LogP contribution in [-0.2, 0) is 19.3 Å². The van der Waals surface area contributed by atoms with Crippen LogP contribution < -0.4 is 5.32 Å². The van der Waals surface area contributed by atoms with Crippen molar-refractivity contribution in [1.82, 2.24) is 5.32 Å². The fourth-order valence-corrected chi connectivity index (χ4v) is 3.14. The van der Waals surface area contributed by atoms with E-state index in [9.17, 15) is 9.90 Å². The van der Waals surface area contributed by atoms with Gasteiger partial charge in [-0.1, -0.05) is 38.1 Å². The quantitative estimate of drug-likeness (QED) is 0.912. The molecule has 0 bridgehead atoms. The molecule has 116 valence electrons. The highest BCUT2D eigenvalue weighted by atomic mass is 16.4. The minimum absolute atomic E-state index is 0.268. The van der Waals surface area contributed by atoms with Crippen molar-refractivity contribution in [3.63, 3.8) is 0 Å². The van der Waals surface area contributed by atoms with Gasteiger partial charge in [-0.15, -0.1) is 0 Å². The Morgan fingerprint density at radius 1 is 1.32 bits per heavy atom. The highest BCUT2D eigenvalue weighted by Gasteiger charge is 2.32. The van der Waals surface area contributed by atoms with Gasteiger partial charge in [0.2, 0.25) is 0 Å². The lowest BCUT2D eigenvalue weighted by molar-refractivity contribution is 0.0830. The molecule has 1 amide bonds. The Bertz CT molecular complexity index is 668. The average Bonchev–Trinajstić information content (AvgIpc) is 3.08. The van der Waals surface area contributed by atoms with Crippen molar-refractivity contribution in [2.45, 2.75) is 45.3 Å². The molecule has 0 saturated heterocycles. The summed E-state index contributed by atoms with van der Waals surface area (Å²) in [5, 5.41) is 13.1. The van der Waals surface area contributed by atoms with E-state index >= 15 is 0 Å². The molecule has 1 heterocycles. The molecule has 2 atom stereocenters. The molecular formula is C18H21NO3. The van der Waals surface area contributed by atoms with Gasteiger partial charge in [-0.2, -0.15) is 0 Å². The van der Waals surface area contributed by atoms with Crippen molar-refractivity contribution in [3.8, 4) is 0 Å². The minimum atomic E-state index is -0.590. The lowest BCUT2D eigenvalue weighted by Gasteiger charge is -2.17. The number of aliphatic hydroxyl groups is 1. The third-order valence-electron chi connectivity index (χ3n) is 4.31. The first kappa shape index (κ1) is 14.9. The summed E-state index contributed by atoms with van der Waals surface area (Å²) < 4.78 is 5.66. The van der Waals surface area contributed by atoms with Gasteiger partial charge in [-0.25, -0.2) is 0 Å². The molecule has 0 fully saturated rings. The maximum Gasteiger partial charge on any atom is 0.287 e. The van der Waals surface area contributed by atoms with Crippen molar-refractivity contribution in [3.05, 3.63) is 58.5 Å². The molecule has 1 aromatic carbocycles. The van der Waals surface area contributed by atoms with Crippen LogP contribution in [0.5, 0.6) is 0 Å². The summed E-state index contributed by atoms with van der Waals surface area (Å²) in [6.07, 6.45) is 1.59. The number of carbonyl (C=O) groups is 1. The van der Waals surface area contributed by atoms with Gasteiger partial charge in [-0.3, -0.25) is 4.79 Å². The van der Waals surface area contributed by atoms with Crippen LogP contribution in [0.4, 0.5) is 0 Å². The van der Waals surface area contributed by atoms with E-state index in [4.69, 9.17) is 4.42 Å². The first-order chi connectivity index (χ1) is 10.6. The third kappa shape index (κ3) is 2.55. The van der Waals surface area contributed by atoms with E-state index in [-0.39, 0.29) is 11.9 Å². The van der Waals surface area contributed by atoms with E-state index in [0.29, 0.717) is 12.2 Å². The molecule has 1 aliphatic carbocycles. The fraction of sp³-hybridized carbons (Fsp3) is 0.389. The number of aliphatic hydroxyl groups excluding tert-OH is 1. The first-order valence-corrected chi connectivity index (χ1v) is 7.82. The van der Waals surface area contributed by atoms with Crippen LogP contribution in [-0.4, -0.2) is 17.1 Å². The summed E-state index contributed by atoms with van der Waals surface area (Å²) in [7, 11) is 0. The van der Waals surface area contributed by atoms with E-state index in [1.165, 1.54) is 0 Å². The van der Waals surface area contributed by atoms with E-state index in [0.717, 1.165) is 35.3 Å². The second-order valence-corrected chi connectivity index (χ2v) is 5.69. The van der Waals surface area contributed by atoms with Crippen LogP contribution in [0.2, 0.25) is 0 Å². The number of furan rings is 1. The molecule has 1 aromatic heterocycles. The maximum absolute atomic E-state index is 12.4. The van der Waals surface area contributed by atoms with Crippen LogP contribution in [0.1, 0.15) is 52.9 Å². The largest absolute Gasteiger partial charge is 0.456 e. The summed E-state index contributed by atoms with van der Waals surface area (Å²) in [6.45, 7) is 4.05. The van der Waals surface area contributed by atoms with E-state index in [2.05, 4.69) is 5.32 Å². The predicted octanol–water partition coefficient (Wildman–Crippen LogP) is 2.79. The summed E-state index contributed by atoms with van der Waals surface area (Å²) >= 11 is 0. The number of benzene rings is 1. The Balaban J connectivity index is 1.81. The number of nitrogens with one attached hydrogen (secondary N) is 1. The Morgan fingerprint density at radius 2 is 2.09 bits per heavy atom. The monoisotopic (exact) mass is 299 g/mol. The lowest BCUT2D eigenvalue weighted by Crippen LogP contribution is -2.33. The maximum atomic E-state index is 12.4. The van der Waals surface area contributed by atoms with Crippen LogP contribution >= 0.6 is 0 Å². The second-order valence-electron chi connectivity index (χ2n) is 5.69. The molecule has 1 aliphatic rings. The molecule has 4 nitrogen and oxygen atoms in total. The lowest BCUT2D eigenvalue weighted by atomic mass is 10.1. The second kappa shape index (κ2) is 5.97. The Kier molecular flexibility index (Phi) is 4.03. The van der Waals surface area contributed by atoms with Gasteiger partial charge in [0.15, 0.2) is 5.76 Å². The van der Waals surface area contributed by atoms with Crippen LogP contribution in [0, 0.1) is 0 Å². The van der Waals surface area contributed by atoms with E-state index < -0.39 is 6.10 Å². The molecular weight excluding hydrogens is 278 g/mol. The zero-order chi connectivity index (χ0) is 15.7. The summed E-state index contributed by atoms with van der Waals surface area (Å²) in [5.74, 6) is 0.917. The number of amides is 1. The fourth-order valence-electron chi connectivity index (χ4n) is 3.14. The number of rotatable bonds is 4. The van der Waals surface area contributed by atoms with Gasteiger partial charge in [0.05, 0.1) is 12.1 Å². The molecule has 2 unspecified atom stereocenters. The summed E-state index contributed by atoms with van der Waals surface area (Å²) in [6, 6.07) is 9.25. The SMILES string of the molecule is CCc1cc(C(=O)NC2c3ccccc3CC2O)oc1CC. The summed E-state index contributed by atoms with van der Waals surface area (Å²) in [4.78, 5) is 12.4. The number of hydrogen-bond donors (Lipinski definition) is 2. The molecule has 4 heteroatoms. The topological polar surface area (TPSA) is 62.5 Å². The molecule has 2 aromatic rings. The van der Waals surface area contributed by atoms with Crippen LogP contribution in [0.3, 0.4) is 0 Å². The van der Waals surface area contributed by atoms with Gasteiger partial charge in [0.1, 0.15) is 5.76 Å². The molecule has 0 spiro atoms. The predicted molar refractivity (Wildman–Crippen MR) is 83.8 cm³/mol. The normalized spacial score (nSPS) is 20.0. The zero-order valence-electron chi connectivity index (χ0n) is 12.9. The molecule has 22 heavy (non-hydrogen) atoms. The molecule has 0 saturated carbocycles. The smallest absolute Gasteiger partial charge is 0.287 e. The van der Waals surface area contributed by atoms with Gasteiger partial charge in [-0.05, 0) is 29.2 Å². The van der Waals surface area contributed by atoms with Crippen molar-refractivity contribution in [1.29, 1.82) is 0 Å². The van der Waals surface area contributed by atoms with Crippen molar-refractivity contribution in [2.75, 3.05) is 0 Å². The van der Waals surface area contributed by atoms with Crippen molar-refractivity contribution in [2.24, 2.45) is 0 Å². The highest BCUT2D eigenvalue weighted by molar-refractivity contribution is 5.92. The average molecular weight is 299 g/mol. The Hall–Kier alpha value is -2.07. The van der Waals surface area contributed by atoms with Gasteiger partial charge in [0.25, 0.3) is 5.91 Å². The van der Waals surface area contributed by atoms with Gasteiger partial charge >= 0.3 is 0 Å². The Morgan fingerprint density at radius 3 is 2.77 bits per heavy atom. The third-order valence-corrected chi connectivity index (χ3v) is 4.31. The number of fused-ring (bicyclic) bond motifs is 1. The number of carbonyl (C=O) groups excluding carboxylic acids is 1. The highest BCUT2D eigenvalue weighted by Crippen LogP contribution is 2.31. The van der Waals surface area contributed by atoms with Crippen LogP contribution in [0.25, 0.3) is 0 Å². The standard InChI is InChI=1S/C18H21NO3/c1-3-11-10-16(22-15(11)4-2)18(21)19-17-13-8-6-5-7-12(13)9-14(17)20/h5-8,10,14,17,20H,3-4,9H2,1-2H3,(H,19,21). The van der Waals surface area contributed by atoms with Crippen molar-refractivity contribution >= 4 is 5.91 Å². The van der Waals surface area contributed by atoms with Crippen LogP contribution in [0.15, 0.2) is 34.7 Å². The van der Waals surface area contributed by atoms with Gasteiger partial charge < -0.3 is 14.8 Å². The van der Waals surface area contributed by atoms with E-state index in [1.807, 2.05) is 38.1 Å². The molecule has 3 rings (SSSR count). The number of aryl methyl sites for hydroxylation is 2. The minimum Gasteiger partial charge on any atom is -0.456 e. The zero-order valence-corrected chi connectivity index (χ0v) is 12.9. The van der Waals surface area contributed by atoms with E-state index in [1.54, 1.807) is 6.07 Å².